The first kappa shape index (κ1) is 16.9. The van der Waals surface area contributed by atoms with Crippen molar-refractivity contribution in [1.29, 1.82) is 0 Å². The Kier molecular flexibility index (Phi) is 6.05. The van der Waals surface area contributed by atoms with Crippen molar-refractivity contribution in [1.82, 2.24) is 15.1 Å². The van der Waals surface area contributed by atoms with Crippen LogP contribution in [0.2, 0.25) is 0 Å². The van der Waals surface area contributed by atoms with Crippen LogP contribution in [0.4, 0.5) is 11.5 Å². The van der Waals surface area contributed by atoms with Gasteiger partial charge in [-0.2, -0.15) is 5.10 Å². The summed E-state index contributed by atoms with van der Waals surface area (Å²) in [6.07, 6.45) is 0.850. The summed E-state index contributed by atoms with van der Waals surface area (Å²) in [6, 6.07) is 11.0. The van der Waals surface area contributed by atoms with Gasteiger partial charge in [0.2, 0.25) is 0 Å². The lowest BCUT2D eigenvalue weighted by molar-refractivity contribution is 0.0722. The Morgan fingerprint density at radius 2 is 2.04 bits per heavy atom. The number of carbonyl (C=O) groups is 1. The highest BCUT2D eigenvalue weighted by Crippen LogP contribution is 2.17. The van der Waals surface area contributed by atoms with Crippen molar-refractivity contribution in [2.75, 3.05) is 25.0 Å². The Balaban J connectivity index is 2.14. The summed E-state index contributed by atoms with van der Waals surface area (Å²) < 4.78 is 0. The third kappa shape index (κ3) is 4.75. The van der Waals surface area contributed by atoms with Crippen LogP contribution in [-0.2, 0) is 0 Å². The van der Waals surface area contributed by atoms with E-state index in [0.717, 1.165) is 17.8 Å². The van der Waals surface area contributed by atoms with E-state index in [9.17, 15) is 4.79 Å². The molecule has 0 aliphatic heterocycles. The molecule has 0 saturated carbocycles. The highest BCUT2D eigenvalue weighted by Gasteiger charge is 2.14. The molecular weight excluding hydrogens is 292 g/mol. The molecule has 0 saturated heterocycles. The first-order valence-corrected chi connectivity index (χ1v) is 7.71. The maximum absolute atomic E-state index is 12.5. The van der Waals surface area contributed by atoms with Gasteiger partial charge in [-0.1, -0.05) is 13.0 Å². The number of aliphatic hydroxyl groups is 1. The summed E-state index contributed by atoms with van der Waals surface area (Å²) in [5.41, 5.74) is 2.20. The lowest BCUT2D eigenvalue weighted by atomic mass is 10.1. The van der Waals surface area contributed by atoms with Crippen molar-refractivity contribution in [3.63, 3.8) is 0 Å². The highest BCUT2D eigenvalue weighted by atomic mass is 16.3. The minimum Gasteiger partial charge on any atom is -0.395 e. The average molecular weight is 314 g/mol. The predicted octanol–water partition coefficient (Wildman–Crippen LogP) is 2.37. The fourth-order valence-electron chi connectivity index (χ4n) is 2.23. The molecule has 0 aliphatic carbocycles. The second kappa shape index (κ2) is 8.24. The fourth-order valence-corrected chi connectivity index (χ4v) is 2.23. The molecule has 0 atom stereocenters. The van der Waals surface area contributed by atoms with Crippen LogP contribution in [-0.4, -0.2) is 45.8 Å². The Bertz CT molecular complexity index is 637. The van der Waals surface area contributed by atoms with Crippen molar-refractivity contribution in [3.8, 4) is 0 Å². The number of nitrogens with one attached hydrogen (secondary N) is 1. The van der Waals surface area contributed by atoms with E-state index in [4.69, 9.17) is 5.11 Å². The number of aryl methyl sites for hydroxylation is 1. The van der Waals surface area contributed by atoms with Crippen molar-refractivity contribution < 1.29 is 9.90 Å². The predicted molar refractivity (Wildman–Crippen MR) is 89.8 cm³/mol. The smallest absolute Gasteiger partial charge is 0.254 e. The molecule has 0 fully saturated rings. The number of nitrogens with zero attached hydrogens (tertiary/aromatic N) is 3. The van der Waals surface area contributed by atoms with Crippen LogP contribution in [0.3, 0.4) is 0 Å². The lowest BCUT2D eigenvalue weighted by Gasteiger charge is -2.21. The normalized spacial score (nSPS) is 10.4. The summed E-state index contributed by atoms with van der Waals surface area (Å²) in [7, 11) is 0. The maximum Gasteiger partial charge on any atom is 0.254 e. The molecule has 1 heterocycles. The Morgan fingerprint density at radius 1 is 1.22 bits per heavy atom. The van der Waals surface area contributed by atoms with E-state index >= 15 is 0 Å². The van der Waals surface area contributed by atoms with Crippen LogP contribution in [0.5, 0.6) is 0 Å². The molecule has 0 unspecified atom stereocenters. The second-order valence-corrected chi connectivity index (χ2v) is 5.28. The number of hydrogen-bond donors (Lipinski definition) is 2. The zero-order valence-corrected chi connectivity index (χ0v) is 13.5. The van der Waals surface area contributed by atoms with Crippen LogP contribution < -0.4 is 5.32 Å². The molecule has 2 rings (SSSR count). The van der Waals surface area contributed by atoms with E-state index < -0.39 is 0 Å². The summed E-state index contributed by atoms with van der Waals surface area (Å²) in [5.74, 6) is 0.542. The van der Waals surface area contributed by atoms with Crippen molar-refractivity contribution in [2.24, 2.45) is 0 Å². The summed E-state index contributed by atoms with van der Waals surface area (Å²) >= 11 is 0. The molecule has 2 N–H and O–H groups in total. The quantitative estimate of drug-likeness (QED) is 0.820. The standard InChI is InChI=1S/C17H22N4O2/c1-3-9-21(10-11-22)17(23)14-5-4-6-15(12-14)18-16-8-7-13(2)19-20-16/h4-8,12,22H,3,9-11H2,1-2H3,(H,18,20). The third-order valence-corrected chi connectivity index (χ3v) is 3.33. The summed E-state index contributed by atoms with van der Waals surface area (Å²) in [6.45, 7) is 4.81. The van der Waals surface area contributed by atoms with Crippen LogP contribution in [0.25, 0.3) is 0 Å². The molecule has 0 spiro atoms. The highest BCUT2D eigenvalue weighted by molar-refractivity contribution is 5.95. The van der Waals surface area contributed by atoms with Gasteiger partial charge in [-0.25, -0.2) is 0 Å². The van der Waals surface area contributed by atoms with Gasteiger partial charge in [0.05, 0.1) is 12.3 Å². The minimum absolute atomic E-state index is 0.0391. The SMILES string of the molecule is CCCN(CCO)C(=O)c1cccc(Nc2ccc(C)nn2)c1. The number of benzene rings is 1. The topological polar surface area (TPSA) is 78.4 Å². The number of rotatable bonds is 7. The number of aromatic nitrogens is 2. The van der Waals surface area contributed by atoms with Crippen LogP contribution >= 0.6 is 0 Å². The van der Waals surface area contributed by atoms with E-state index in [1.807, 2.05) is 38.1 Å². The number of anilines is 2. The first-order valence-electron chi connectivity index (χ1n) is 7.71. The largest absolute Gasteiger partial charge is 0.395 e. The first-order chi connectivity index (χ1) is 11.1. The van der Waals surface area contributed by atoms with Gasteiger partial charge in [-0.3, -0.25) is 4.79 Å². The van der Waals surface area contributed by atoms with Crippen LogP contribution in [0.1, 0.15) is 29.4 Å². The average Bonchev–Trinajstić information content (AvgIpc) is 2.56. The van der Waals surface area contributed by atoms with Crippen molar-refractivity contribution in [3.05, 3.63) is 47.7 Å². The zero-order chi connectivity index (χ0) is 16.7. The van der Waals surface area contributed by atoms with E-state index in [1.54, 1.807) is 17.0 Å². The molecule has 1 aromatic heterocycles. The molecule has 0 radical (unpaired) electrons. The lowest BCUT2D eigenvalue weighted by Crippen LogP contribution is -2.34. The van der Waals surface area contributed by atoms with Gasteiger partial charge in [0.25, 0.3) is 5.91 Å². The Labute approximate surface area is 136 Å². The van der Waals surface area contributed by atoms with Crippen molar-refractivity contribution >= 4 is 17.4 Å². The molecule has 6 heteroatoms. The Morgan fingerprint density at radius 3 is 2.70 bits per heavy atom. The zero-order valence-electron chi connectivity index (χ0n) is 13.5. The van der Waals surface area contributed by atoms with Gasteiger partial charge < -0.3 is 15.3 Å². The van der Waals surface area contributed by atoms with Crippen LogP contribution in [0.15, 0.2) is 36.4 Å². The van der Waals surface area contributed by atoms with Gasteiger partial charge in [-0.05, 0) is 43.7 Å². The molecule has 2 aromatic rings. The number of amides is 1. The van der Waals surface area contributed by atoms with E-state index in [-0.39, 0.29) is 12.5 Å². The number of carbonyl (C=O) groups excluding carboxylic acids is 1. The fraction of sp³-hybridized carbons (Fsp3) is 0.353. The molecule has 6 nitrogen and oxygen atoms in total. The molecule has 122 valence electrons. The van der Waals surface area contributed by atoms with Crippen LogP contribution in [0, 0.1) is 6.92 Å². The summed E-state index contributed by atoms with van der Waals surface area (Å²) in [4.78, 5) is 14.2. The molecule has 0 aliphatic rings. The van der Waals surface area contributed by atoms with Gasteiger partial charge in [0.1, 0.15) is 0 Å². The van der Waals surface area contributed by atoms with Crippen molar-refractivity contribution in [2.45, 2.75) is 20.3 Å². The summed E-state index contributed by atoms with van der Waals surface area (Å²) in [5, 5.41) is 20.3. The van der Waals surface area contributed by atoms with Gasteiger partial charge >= 0.3 is 0 Å². The van der Waals surface area contributed by atoms with E-state index in [0.29, 0.717) is 24.5 Å². The van der Waals surface area contributed by atoms with Gasteiger partial charge in [0.15, 0.2) is 5.82 Å². The molecule has 0 bridgehead atoms. The molecule has 1 aromatic carbocycles. The number of hydrogen-bond acceptors (Lipinski definition) is 5. The van der Waals surface area contributed by atoms with Gasteiger partial charge in [0, 0.05) is 24.3 Å². The van der Waals surface area contributed by atoms with E-state index in [2.05, 4.69) is 15.5 Å². The third-order valence-electron chi connectivity index (χ3n) is 3.33. The second-order valence-electron chi connectivity index (χ2n) is 5.28. The monoisotopic (exact) mass is 314 g/mol. The maximum atomic E-state index is 12.5. The van der Waals surface area contributed by atoms with E-state index in [1.165, 1.54) is 0 Å². The molecule has 1 amide bonds. The molecule has 23 heavy (non-hydrogen) atoms. The van der Waals surface area contributed by atoms with Gasteiger partial charge in [-0.15, -0.1) is 5.10 Å². The molecular formula is C17H22N4O2. The Hall–Kier alpha value is -2.47. The minimum atomic E-state index is -0.0838. The number of aliphatic hydroxyl groups excluding tert-OH is 1.